The van der Waals surface area contributed by atoms with E-state index in [4.69, 9.17) is 28.9 Å². The van der Waals surface area contributed by atoms with Crippen molar-refractivity contribution in [3.8, 4) is 0 Å². The van der Waals surface area contributed by atoms with Crippen LogP contribution in [-0.4, -0.2) is 18.4 Å². The Hall–Kier alpha value is -1.57. The van der Waals surface area contributed by atoms with Crippen molar-refractivity contribution in [1.82, 2.24) is 9.97 Å². The van der Waals surface area contributed by atoms with Gasteiger partial charge in [-0.3, -0.25) is 4.72 Å². The van der Waals surface area contributed by atoms with E-state index in [0.717, 1.165) is 12.4 Å². The number of hydrogen-bond acceptors (Lipinski definition) is 5. The maximum Gasteiger partial charge on any atom is 0.265 e. The molecule has 3 N–H and O–H groups in total. The molecule has 1 heterocycles. The van der Waals surface area contributed by atoms with E-state index < -0.39 is 10.0 Å². The van der Waals surface area contributed by atoms with Gasteiger partial charge in [0.15, 0.2) is 0 Å². The summed E-state index contributed by atoms with van der Waals surface area (Å²) in [5.41, 5.74) is 5.46. The van der Waals surface area contributed by atoms with Gasteiger partial charge in [0, 0.05) is 5.02 Å². The number of nitrogens with zero attached hydrogens (tertiary/aromatic N) is 2. The number of benzene rings is 1. The molecule has 0 fully saturated rings. The highest BCUT2D eigenvalue weighted by atomic mass is 35.5. The zero-order chi connectivity index (χ0) is 14.0. The summed E-state index contributed by atoms with van der Waals surface area (Å²) in [6, 6.07) is 4.44. The van der Waals surface area contributed by atoms with Gasteiger partial charge in [0.1, 0.15) is 4.90 Å². The molecule has 1 aromatic heterocycles. The standard InChI is InChI=1S/C10H8Cl2N4O2S/c11-6-1-2-8(12)9(3-6)16-19(17,18)7-4-14-10(13)15-5-7/h1-5,16H,(H2,13,14,15). The van der Waals surface area contributed by atoms with Gasteiger partial charge in [-0.2, -0.15) is 0 Å². The molecule has 9 heteroatoms. The molecule has 0 unspecified atom stereocenters. The first-order valence-electron chi connectivity index (χ1n) is 4.94. The lowest BCUT2D eigenvalue weighted by atomic mass is 10.3. The molecule has 0 spiro atoms. The average Bonchev–Trinajstić information content (AvgIpc) is 2.34. The van der Waals surface area contributed by atoms with E-state index in [1.807, 2.05) is 0 Å². The number of nitrogen functional groups attached to an aromatic ring is 1. The van der Waals surface area contributed by atoms with Crippen LogP contribution in [0.15, 0.2) is 35.5 Å². The van der Waals surface area contributed by atoms with Crippen LogP contribution >= 0.6 is 23.2 Å². The largest absolute Gasteiger partial charge is 0.368 e. The summed E-state index contributed by atoms with van der Waals surface area (Å²) >= 11 is 11.7. The highest BCUT2D eigenvalue weighted by molar-refractivity contribution is 7.92. The van der Waals surface area contributed by atoms with Crippen molar-refractivity contribution < 1.29 is 8.42 Å². The lowest BCUT2D eigenvalue weighted by Crippen LogP contribution is -2.14. The molecule has 0 amide bonds. The summed E-state index contributed by atoms with van der Waals surface area (Å²) in [5, 5.41) is 0.583. The van der Waals surface area contributed by atoms with E-state index in [2.05, 4.69) is 14.7 Å². The van der Waals surface area contributed by atoms with E-state index in [1.54, 1.807) is 6.07 Å². The maximum atomic E-state index is 12.0. The molecule has 0 bridgehead atoms. The minimum atomic E-state index is -3.84. The number of nitrogens with one attached hydrogen (secondary N) is 1. The lowest BCUT2D eigenvalue weighted by molar-refractivity contribution is 0.600. The quantitative estimate of drug-likeness (QED) is 0.903. The van der Waals surface area contributed by atoms with Crippen LogP contribution < -0.4 is 10.5 Å². The van der Waals surface area contributed by atoms with E-state index in [0.29, 0.717) is 5.02 Å². The summed E-state index contributed by atoms with van der Waals surface area (Å²) in [5.74, 6) is -0.0141. The van der Waals surface area contributed by atoms with Gasteiger partial charge >= 0.3 is 0 Å². The predicted octanol–water partition coefficient (Wildman–Crippen LogP) is 2.17. The van der Waals surface area contributed by atoms with Crippen LogP contribution in [0.4, 0.5) is 11.6 Å². The maximum absolute atomic E-state index is 12.0. The van der Waals surface area contributed by atoms with Crippen molar-refractivity contribution in [3.63, 3.8) is 0 Å². The number of rotatable bonds is 3. The Morgan fingerprint density at radius 3 is 2.42 bits per heavy atom. The number of sulfonamides is 1. The number of nitrogens with two attached hydrogens (primary N) is 1. The first kappa shape index (κ1) is 13.9. The van der Waals surface area contributed by atoms with Crippen molar-refractivity contribution in [3.05, 3.63) is 40.6 Å². The van der Waals surface area contributed by atoms with Crippen LogP contribution in [0, 0.1) is 0 Å². The molecule has 1 aromatic carbocycles. The summed E-state index contributed by atoms with van der Waals surface area (Å²) in [6.45, 7) is 0. The smallest absolute Gasteiger partial charge is 0.265 e. The number of anilines is 2. The molecule has 100 valence electrons. The molecular formula is C10H8Cl2N4O2S. The Bertz CT molecular complexity index is 704. The molecular weight excluding hydrogens is 311 g/mol. The normalized spacial score (nSPS) is 11.3. The minimum absolute atomic E-state index is 0.0141. The highest BCUT2D eigenvalue weighted by Gasteiger charge is 2.17. The average molecular weight is 319 g/mol. The molecule has 6 nitrogen and oxygen atoms in total. The van der Waals surface area contributed by atoms with Crippen LogP contribution in [0.5, 0.6) is 0 Å². The second-order valence-electron chi connectivity index (χ2n) is 3.51. The fourth-order valence-corrected chi connectivity index (χ4v) is 2.60. The van der Waals surface area contributed by atoms with Gasteiger partial charge in [-0.25, -0.2) is 18.4 Å². The molecule has 0 aliphatic heterocycles. The lowest BCUT2D eigenvalue weighted by Gasteiger charge is -2.09. The molecule has 0 aliphatic rings. The Labute approximate surface area is 119 Å². The van der Waals surface area contributed by atoms with Crippen molar-refractivity contribution in [2.75, 3.05) is 10.5 Å². The molecule has 2 aromatic rings. The van der Waals surface area contributed by atoms with Crippen LogP contribution in [0.25, 0.3) is 0 Å². The molecule has 0 atom stereocenters. The van der Waals surface area contributed by atoms with Crippen molar-refractivity contribution in [2.24, 2.45) is 0 Å². The van der Waals surface area contributed by atoms with Gasteiger partial charge in [-0.1, -0.05) is 23.2 Å². The zero-order valence-corrected chi connectivity index (χ0v) is 11.7. The molecule has 2 rings (SSSR count). The van der Waals surface area contributed by atoms with E-state index in [1.165, 1.54) is 12.1 Å². The fourth-order valence-electron chi connectivity index (χ4n) is 1.24. The highest BCUT2D eigenvalue weighted by Crippen LogP contribution is 2.27. The van der Waals surface area contributed by atoms with Crippen LogP contribution in [0.2, 0.25) is 10.0 Å². The van der Waals surface area contributed by atoms with E-state index in [-0.39, 0.29) is 21.6 Å². The Morgan fingerprint density at radius 2 is 1.79 bits per heavy atom. The van der Waals surface area contributed by atoms with Gasteiger partial charge in [-0.05, 0) is 18.2 Å². The van der Waals surface area contributed by atoms with Crippen LogP contribution in [0.1, 0.15) is 0 Å². The van der Waals surface area contributed by atoms with Gasteiger partial charge in [0.05, 0.1) is 23.1 Å². The van der Waals surface area contributed by atoms with Gasteiger partial charge in [0.2, 0.25) is 5.95 Å². The summed E-state index contributed by atoms with van der Waals surface area (Å²) in [6.07, 6.45) is 2.20. The summed E-state index contributed by atoms with van der Waals surface area (Å²) < 4.78 is 26.4. The summed E-state index contributed by atoms with van der Waals surface area (Å²) in [7, 11) is -3.84. The van der Waals surface area contributed by atoms with E-state index in [9.17, 15) is 8.42 Å². The monoisotopic (exact) mass is 318 g/mol. The van der Waals surface area contributed by atoms with E-state index >= 15 is 0 Å². The third kappa shape index (κ3) is 3.25. The number of hydrogen-bond donors (Lipinski definition) is 2. The van der Waals surface area contributed by atoms with Crippen molar-refractivity contribution in [2.45, 2.75) is 4.90 Å². The Kier molecular flexibility index (Phi) is 3.79. The topological polar surface area (TPSA) is 98.0 Å². The number of aromatic nitrogens is 2. The minimum Gasteiger partial charge on any atom is -0.368 e. The SMILES string of the molecule is Nc1ncc(S(=O)(=O)Nc2cc(Cl)ccc2Cl)cn1. The van der Waals surface area contributed by atoms with Crippen LogP contribution in [-0.2, 0) is 10.0 Å². The molecule has 0 saturated heterocycles. The molecule has 19 heavy (non-hydrogen) atoms. The first-order valence-corrected chi connectivity index (χ1v) is 7.18. The summed E-state index contributed by atoms with van der Waals surface area (Å²) in [4.78, 5) is 7.10. The van der Waals surface area contributed by atoms with Crippen molar-refractivity contribution >= 4 is 44.9 Å². The Morgan fingerprint density at radius 1 is 1.16 bits per heavy atom. The second kappa shape index (κ2) is 5.20. The van der Waals surface area contributed by atoms with Gasteiger partial charge in [0.25, 0.3) is 10.0 Å². The zero-order valence-electron chi connectivity index (χ0n) is 9.34. The van der Waals surface area contributed by atoms with Gasteiger partial charge in [-0.15, -0.1) is 0 Å². The first-order chi connectivity index (χ1) is 8.88. The van der Waals surface area contributed by atoms with Gasteiger partial charge < -0.3 is 5.73 Å². The Balaban J connectivity index is 2.36. The van der Waals surface area contributed by atoms with Crippen LogP contribution in [0.3, 0.4) is 0 Å². The molecule has 0 saturated carbocycles. The molecule has 0 aliphatic carbocycles. The molecule has 0 radical (unpaired) electrons. The predicted molar refractivity (Wildman–Crippen MR) is 73.7 cm³/mol. The fraction of sp³-hybridized carbons (Fsp3) is 0. The third-order valence-electron chi connectivity index (χ3n) is 2.13. The number of halogens is 2. The second-order valence-corrected chi connectivity index (χ2v) is 6.03. The van der Waals surface area contributed by atoms with Crippen molar-refractivity contribution in [1.29, 1.82) is 0 Å². The third-order valence-corrected chi connectivity index (χ3v) is 4.02.